The van der Waals surface area contributed by atoms with Crippen LogP contribution >= 0.6 is 7.37 Å². The summed E-state index contributed by atoms with van der Waals surface area (Å²) in [6.07, 6.45) is 0. The van der Waals surface area contributed by atoms with E-state index in [1.54, 1.807) is 55.6 Å². The topological polar surface area (TPSA) is 52.6 Å². The number of rotatable bonds is 5. The number of benzene rings is 3. The van der Waals surface area contributed by atoms with Crippen LogP contribution in [0.15, 0.2) is 72.8 Å². The second kappa shape index (κ2) is 7.81. The average molecular weight is 380 g/mol. The molecule has 0 unspecified atom stereocenters. The van der Waals surface area contributed by atoms with E-state index in [0.717, 1.165) is 11.1 Å². The van der Waals surface area contributed by atoms with Crippen molar-refractivity contribution < 1.29 is 18.6 Å². The molecule has 3 rings (SSSR count). The first-order valence-corrected chi connectivity index (χ1v) is 10.2. The molecule has 0 aliphatic carbocycles. The summed E-state index contributed by atoms with van der Waals surface area (Å²) in [5, 5.41) is 0.970. The molecule has 0 fully saturated rings. The molecule has 27 heavy (non-hydrogen) atoms. The molecule has 0 aliphatic heterocycles. The van der Waals surface area contributed by atoms with Gasteiger partial charge in [0.25, 0.3) is 0 Å². The standard InChI is InChI=1S/C22H21O4P/c1-16-4-12-20(13-5-16)27(24,21-14-6-17(2)7-15-21)26-22(23)18-8-10-19(25-3)11-9-18/h4-15H,1-3H3. The molecule has 0 N–H and O–H groups in total. The molecule has 4 nitrogen and oxygen atoms in total. The van der Waals surface area contributed by atoms with Crippen LogP contribution in [0.4, 0.5) is 0 Å². The molecule has 0 bridgehead atoms. The van der Waals surface area contributed by atoms with E-state index in [-0.39, 0.29) is 0 Å². The van der Waals surface area contributed by atoms with E-state index in [1.165, 1.54) is 0 Å². The summed E-state index contributed by atoms with van der Waals surface area (Å²) in [6.45, 7) is 3.90. The molecule has 5 heteroatoms. The fourth-order valence-corrected chi connectivity index (χ4v) is 4.56. The number of methoxy groups -OCH3 is 1. The predicted molar refractivity (Wildman–Crippen MR) is 108 cm³/mol. The van der Waals surface area contributed by atoms with E-state index in [2.05, 4.69) is 0 Å². The van der Waals surface area contributed by atoms with Gasteiger partial charge in [0.05, 0.1) is 23.3 Å². The van der Waals surface area contributed by atoms with E-state index in [1.807, 2.05) is 38.1 Å². The second-order valence-electron chi connectivity index (χ2n) is 6.33. The smallest absolute Gasteiger partial charge is 0.343 e. The summed E-state index contributed by atoms with van der Waals surface area (Å²) in [5.74, 6) is -0.00561. The highest BCUT2D eigenvalue weighted by molar-refractivity contribution is 7.74. The molecule has 0 saturated carbocycles. The van der Waals surface area contributed by atoms with Crippen LogP contribution in [0, 0.1) is 13.8 Å². The highest BCUT2D eigenvalue weighted by Crippen LogP contribution is 2.45. The number of aryl methyl sites for hydroxylation is 2. The van der Waals surface area contributed by atoms with Gasteiger partial charge >= 0.3 is 13.3 Å². The maximum absolute atomic E-state index is 13.9. The number of ether oxygens (including phenoxy) is 1. The maximum Gasteiger partial charge on any atom is 0.343 e. The number of hydrogen-bond acceptors (Lipinski definition) is 4. The van der Waals surface area contributed by atoms with Gasteiger partial charge in [-0.3, -0.25) is 4.57 Å². The Labute approximate surface area is 159 Å². The van der Waals surface area contributed by atoms with Crippen LogP contribution in [0.5, 0.6) is 5.75 Å². The zero-order valence-corrected chi connectivity index (χ0v) is 16.4. The molecule has 3 aromatic rings. The van der Waals surface area contributed by atoms with Gasteiger partial charge in [-0.2, -0.15) is 0 Å². The monoisotopic (exact) mass is 380 g/mol. The average Bonchev–Trinajstić information content (AvgIpc) is 2.69. The zero-order chi connectivity index (χ0) is 19.4. The molecule has 0 atom stereocenters. The summed E-state index contributed by atoms with van der Waals surface area (Å²) < 4.78 is 24.6. The van der Waals surface area contributed by atoms with Crippen LogP contribution in [0.1, 0.15) is 21.5 Å². The molecule has 0 amide bonds. The minimum Gasteiger partial charge on any atom is -0.497 e. The fraction of sp³-hybridized carbons (Fsp3) is 0.136. The van der Waals surface area contributed by atoms with E-state index in [4.69, 9.17) is 9.26 Å². The summed E-state index contributed by atoms with van der Waals surface area (Å²) in [4.78, 5) is 12.7. The summed E-state index contributed by atoms with van der Waals surface area (Å²) >= 11 is 0. The van der Waals surface area contributed by atoms with Crippen LogP contribution in [-0.2, 0) is 9.09 Å². The number of carbonyl (C=O) groups is 1. The fourth-order valence-electron chi connectivity index (χ4n) is 2.63. The van der Waals surface area contributed by atoms with Crippen molar-refractivity contribution in [2.24, 2.45) is 0 Å². The largest absolute Gasteiger partial charge is 0.497 e. The summed E-state index contributed by atoms with van der Waals surface area (Å²) in [7, 11) is -2.03. The molecular formula is C22H21O4P. The first-order valence-electron chi connectivity index (χ1n) is 8.55. The van der Waals surface area contributed by atoms with Crippen molar-refractivity contribution in [1.29, 1.82) is 0 Å². The van der Waals surface area contributed by atoms with Gasteiger partial charge in [0, 0.05) is 0 Å². The van der Waals surface area contributed by atoms with Gasteiger partial charge < -0.3 is 9.26 Å². The summed E-state index contributed by atoms with van der Waals surface area (Å²) in [5.41, 5.74) is 2.39. The molecule has 0 heterocycles. The summed E-state index contributed by atoms with van der Waals surface area (Å²) in [6, 6.07) is 20.9. The minimum absolute atomic E-state index is 0.315. The first kappa shape index (κ1) is 18.9. The van der Waals surface area contributed by atoms with E-state index < -0.39 is 13.3 Å². The van der Waals surface area contributed by atoms with Crippen LogP contribution in [0.25, 0.3) is 0 Å². The minimum atomic E-state index is -3.58. The number of carbonyl (C=O) groups excluding carboxylic acids is 1. The van der Waals surface area contributed by atoms with Crippen molar-refractivity contribution in [2.45, 2.75) is 13.8 Å². The van der Waals surface area contributed by atoms with Crippen LogP contribution in [0.3, 0.4) is 0 Å². The third-order valence-corrected chi connectivity index (χ3v) is 6.66. The van der Waals surface area contributed by atoms with Gasteiger partial charge in [0.2, 0.25) is 0 Å². The lowest BCUT2D eigenvalue weighted by atomic mass is 10.2. The molecule has 0 aliphatic rings. The zero-order valence-electron chi connectivity index (χ0n) is 15.5. The molecule has 138 valence electrons. The predicted octanol–water partition coefficient (Wildman–Crippen LogP) is 4.40. The highest BCUT2D eigenvalue weighted by atomic mass is 31.2. The Balaban J connectivity index is 2.01. The van der Waals surface area contributed by atoms with Crippen molar-refractivity contribution in [3.8, 4) is 5.75 Å². The quantitative estimate of drug-likeness (QED) is 0.616. The van der Waals surface area contributed by atoms with Crippen molar-refractivity contribution in [3.63, 3.8) is 0 Å². The highest BCUT2D eigenvalue weighted by Gasteiger charge is 2.32. The Morgan fingerprint density at radius 1 is 0.741 bits per heavy atom. The lowest BCUT2D eigenvalue weighted by molar-refractivity contribution is 0.0747. The van der Waals surface area contributed by atoms with E-state index in [9.17, 15) is 9.36 Å². The van der Waals surface area contributed by atoms with Crippen molar-refractivity contribution in [3.05, 3.63) is 89.5 Å². The van der Waals surface area contributed by atoms with Crippen LogP contribution in [0.2, 0.25) is 0 Å². The molecule has 0 aromatic heterocycles. The Morgan fingerprint density at radius 3 is 1.59 bits per heavy atom. The maximum atomic E-state index is 13.9. The van der Waals surface area contributed by atoms with Crippen LogP contribution in [-0.4, -0.2) is 13.1 Å². The lowest BCUT2D eigenvalue weighted by Gasteiger charge is -2.19. The Hall–Kier alpha value is -2.84. The first-order chi connectivity index (χ1) is 12.9. The van der Waals surface area contributed by atoms with Gasteiger partial charge in [-0.1, -0.05) is 35.4 Å². The molecule has 0 radical (unpaired) electrons. The third kappa shape index (κ3) is 4.12. The van der Waals surface area contributed by atoms with E-state index in [0.29, 0.717) is 21.9 Å². The Bertz CT molecular complexity index is 925. The second-order valence-corrected chi connectivity index (χ2v) is 8.65. The van der Waals surface area contributed by atoms with Gasteiger partial charge in [0.1, 0.15) is 5.75 Å². The van der Waals surface area contributed by atoms with Gasteiger partial charge in [-0.25, -0.2) is 4.79 Å². The van der Waals surface area contributed by atoms with Gasteiger partial charge in [0.15, 0.2) is 0 Å². The SMILES string of the molecule is COc1ccc(C(=O)OP(=O)(c2ccc(C)cc2)c2ccc(C)cc2)cc1. The Morgan fingerprint density at radius 2 is 1.19 bits per heavy atom. The van der Waals surface area contributed by atoms with Gasteiger partial charge in [-0.05, 0) is 62.4 Å². The molecule has 3 aromatic carbocycles. The van der Waals surface area contributed by atoms with Crippen LogP contribution < -0.4 is 15.3 Å². The number of hydrogen-bond donors (Lipinski definition) is 0. The van der Waals surface area contributed by atoms with Crippen molar-refractivity contribution in [1.82, 2.24) is 0 Å². The normalized spacial score (nSPS) is 11.1. The Kier molecular flexibility index (Phi) is 5.48. The van der Waals surface area contributed by atoms with E-state index >= 15 is 0 Å². The van der Waals surface area contributed by atoms with Crippen molar-refractivity contribution in [2.75, 3.05) is 7.11 Å². The lowest BCUT2D eigenvalue weighted by Crippen LogP contribution is -2.21. The molecule has 0 spiro atoms. The van der Waals surface area contributed by atoms with Gasteiger partial charge in [-0.15, -0.1) is 0 Å². The molecular weight excluding hydrogens is 359 g/mol. The van der Waals surface area contributed by atoms with Crippen molar-refractivity contribution >= 4 is 23.9 Å². The molecule has 0 saturated heterocycles. The third-order valence-electron chi connectivity index (χ3n) is 4.28.